The van der Waals surface area contributed by atoms with E-state index in [9.17, 15) is 19.2 Å². The number of carbonyl (C=O) groups excluding carboxylic acids is 4. The molecule has 254 valence electrons. The van der Waals surface area contributed by atoms with Crippen molar-refractivity contribution in [3.05, 3.63) is 76.8 Å². The summed E-state index contributed by atoms with van der Waals surface area (Å²) in [5.41, 5.74) is 0.524. The molecule has 2 aromatic carbocycles. The van der Waals surface area contributed by atoms with Crippen LogP contribution in [0.5, 0.6) is 5.75 Å². The Labute approximate surface area is 281 Å². The van der Waals surface area contributed by atoms with E-state index in [4.69, 9.17) is 30.5 Å². The number of esters is 2. The summed E-state index contributed by atoms with van der Waals surface area (Å²) in [6.07, 6.45) is 1.34. The van der Waals surface area contributed by atoms with Crippen LogP contribution in [0.2, 0.25) is 5.02 Å². The summed E-state index contributed by atoms with van der Waals surface area (Å²) in [6, 6.07) is 13.9. The second-order valence-corrected chi connectivity index (χ2v) is 13.7. The van der Waals surface area contributed by atoms with Crippen LogP contribution in [0.4, 0.5) is 0 Å². The molecule has 0 aliphatic carbocycles. The Kier molecular flexibility index (Phi) is 12.1. The zero-order valence-corrected chi connectivity index (χ0v) is 28.5. The maximum absolute atomic E-state index is 13.6. The molecule has 4 rings (SSSR count). The summed E-state index contributed by atoms with van der Waals surface area (Å²) in [6.45, 7) is 8.92. The molecule has 0 radical (unpaired) electrons. The molecular formula is C36H45ClN2O8. The standard InChI is InChI=1S/C36H45ClN2O8/c1-21(2)17-29-34(42)45-27(22(3)31-32(47-31)24-11-8-7-9-12-24)13-10-14-30(40)39-26(19-23-15-16-28(44-6)25(37)18-23)33(41)38-20-36(4,5)35(43)46-29/h7-12,14-16,18,21-22,26-27,29,31-32H,13,17,19-20H2,1-6H3,(H,38,41)(H,39,40)/b14-10+/t22-,26-,27-,29-,31+,32+/m0/s1. The van der Waals surface area contributed by atoms with Gasteiger partial charge in [0.2, 0.25) is 11.8 Å². The van der Waals surface area contributed by atoms with Crippen LogP contribution in [0.25, 0.3) is 0 Å². The highest BCUT2D eigenvalue weighted by Crippen LogP contribution is 2.45. The number of cyclic esters (lactones) is 2. The molecule has 2 aliphatic rings. The van der Waals surface area contributed by atoms with Crippen molar-refractivity contribution in [1.29, 1.82) is 0 Å². The molecule has 0 unspecified atom stereocenters. The average molecular weight is 669 g/mol. The highest BCUT2D eigenvalue weighted by atomic mass is 35.5. The normalized spacial score (nSPS) is 26.8. The van der Waals surface area contributed by atoms with Gasteiger partial charge in [-0.2, -0.15) is 0 Å². The van der Waals surface area contributed by atoms with Gasteiger partial charge in [0.15, 0.2) is 6.10 Å². The summed E-state index contributed by atoms with van der Waals surface area (Å²) in [5.74, 6) is -2.06. The number of benzene rings is 2. The van der Waals surface area contributed by atoms with Gasteiger partial charge >= 0.3 is 11.9 Å². The van der Waals surface area contributed by atoms with E-state index in [-0.39, 0.29) is 49.9 Å². The van der Waals surface area contributed by atoms with Crippen LogP contribution >= 0.6 is 11.6 Å². The summed E-state index contributed by atoms with van der Waals surface area (Å²) >= 11 is 6.32. The van der Waals surface area contributed by atoms with Gasteiger partial charge in [0, 0.05) is 25.3 Å². The summed E-state index contributed by atoms with van der Waals surface area (Å²) < 4.78 is 23.1. The third kappa shape index (κ3) is 9.81. The fourth-order valence-corrected chi connectivity index (χ4v) is 5.75. The number of carbonyl (C=O) groups is 4. The molecule has 0 bridgehead atoms. The van der Waals surface area contributed by atoms with Gasteiger partial charge in [-0.25, -0.2) is 4.79 Å². The number of hydrogen-bond acceptors (Lipinski definition) is 8. The van der Waals surface area contributed by atoms with Crippen molar-refractivity contribution in [2.75, 3.05) is 13.7 Å². The molecule has 2 N–H and O–H groups in total. The molecule has 10 nitrogen and oxygen atoms in total. The second-order valence-electron chi connectivity index (χ2n) is 13.3. The molecule has 1 fully saturated rings. The Bertz CT molecular complexity index is 1460. The van der Waals surface area contributed by atoms with E-state index in [1.54, 1.807) is 38.1 Å². The predicted octanol–water partition coefficient (Wildman–Crippen LogP) is 5.12. The van der Waals surface area contributed by atoms with Crippen molar-refractivity contribution in [2.45, 2.75) is 84.3 Å². The van der Waals surface area contributed by atoms with Gasteiger partial charge in [-0.05, 0) is 55.5 Å². The molecule has 11 heteroatoms. The van der Waals surface area contributed by atoms with E-state index in [0.29, 0.717) is 16.3 Å². The molecule has 0 saturated carbocycles. The number of nitrogens with one attached hydrogen (secondary N) is 2. The van der Waals surface area contributed by atoms with Gasteiger partial charge < -0.3 is 29.6 Å². The number of epoxide rings is 1. The number of rotatable bonds is 8. The van der Waals surface area contributed by atoms with E-state index in [1.165, 1.54) is 13.2 Å². The van der Waals surface area contributed by atoms with E-state index in [1.807, 2.05) is 51.1 Å². The smallest absolute Gasteiger partial charge is 0.347 e. The summed E-state index contributed by atoms with van der Waals surface area (Å²) in [4.78, 5) is 53.6. The van der Waals surface area contributed by atoms with Crippen LogP contribution in [0.15, 0.2) is 60.7 Å². The molecule has 2 heterocycles. The largest absolute Gasteiger partial charge is 0.495 e. The minimum absolute atomic E-state index is 0.0228. The third-order valence-electron chi connectivity index (χ3n) is 8.41. The lowest BCUT2D eigenvalue weighted by Crippen LogP contribution is -2.51. The third-order valence-corrected chi connectivity index (χ3v) is 8.70. The van der Waals surface area contributed by atoms with Gasteiger partial charge in [-0.15, -0.1) is 0 Å². The highest BCUT2D eigenvalue weighted by Gasteiger charge is 2.48. The fourth-order valence-electron chi connectivity index (χ4n) is 5.46. The monoisotopic (exact) mass is 668 g/mol. The molecule has 1 saturated heterocycles. The Morgan fingerprint density at radius 2 is 1.74 bits per heavy atom. The van der Waals surface area contributed by atoms with Crippen LogP contribution in [-0.4, -0.2) is 61.8 Å². The fraction of sp³-hybridized carbons (Fsp3) is 0.500. The van der Waals surface area contributed by atoms with Gasteiger partial charge in [-0.3, -0.25) is 14.4 Å². The predicted molar refractivity (Wildman–Crippen MR) is 177 cm³/mol. The molecule has 2 aromatic rings. The number of amides is 2. The number of methoxy groups -OCH3 is 1. The Balaban J connectivity index is 1.61. The first-order valence-electron chi connectivity index (χ1n) is 16.0. The van der Waals surface area contributed by atoms with Crippen molar-refractivity contribution in [3.63, 3.8) is 0 Å². The quantitative estimate of drug-likeness (QED) is 0.293. The molecule has 47 heavy (non-hydrogen) atoms. The summed E-state index contributed by atoms with van der Waals surface area (Å²) in [5, 5.41) is 5.91. The minimum atomic E-state index is -1.20. The molecular weight excluding hydrogens is 624 g/mol. The first-order valence-corrected chi connectivity index (χ1v) is 16.4. The Hall–Kier alpha value is -3.89. The number of hydrogen-bond donors (Lipinski definition) is 2. The van der Waals surface area contributed by atoms with E-state index in [2.05, 4.69) is 10.6 Å². The maximum atomic E-state index is 13.6. The van der Waals surface area contributed by atoms with Crippen molar-refractivity contribution in [1.82, 2.24) is 10.6 Å². The maximum Gasteiger partial charge on any atom is 0.347 e. The highest BCUT2D eigenvalue weighted by molar-refractivity contribution is 6.32. The molecule has 2 aliphatic heterocycles. The SMILES string of the molecule is COc1ccc(C[C@@H]2NC(=O)/C=C/C[C@@H]([C@H](C)[C@H]3O[C@@H]3c3ccccc3)OC(=O)[C@H](CC(C)C)OC(=O)C(C)(C)CNC2=O)cc1Cl. The van der Waals surface area contributed by atoms with Gasteiger partial charge in [0.25, 0.3) is 0 Å². The average Bonchev–Trinajstić information content (AvgIpc) is 3.83. The van der Waals surface area contributed by atoms with Crippen molar-refractivity contribution in [3.8, 4) is 5.75 Å². The lowest BCUT2D eigenvalue weighted by atomic mass is 9.92. The van der Waals surface area contributed by atoms with Crippen LogP contribution in [0.1, 0.15) is 64.7 Å². The van der Waals surface area contributed by atoms with Gasteiger partial charge in [0.05, 0.1) is 23.7 Å². The zero-order valence-electron chi connectivity index (χ0n) is 27.8. The summed E-state index contributed by atoms with van der Waals surface area (Å²) in [7, 11) is 1.51. The van der Waals surface area contributed by atoms with Crippen LogP contribution in [-0.2, 0) is 39.8 Å². The Morgan fingerprint density at radius 1 is 1.02 bits per heavy atom. The molecule has 6 atom stereocenters. The topological polar surface area (TPSA) is 133 Å². The van der Waals surface area contributed by atoms with Crippen molar-refractivity contribution >= 4 is 35.4 Å². The second kappa shape index (κ2) is 15.8. The van der Waals surface area contributed by atoms with E-state index in [0.717, 1.165) is 5.56 Å². The van der Waals surface area contributed by atoms with Crippen molar-refractivity contribution < 1.29 is 38.1 Å². The molecule has 0 spiro atoms. The first-order chi connectivity index (χ1) is 22.3. The van der Waals surface area contributed by atoms with Gasteiger partial charge in [0.1, 0.15) is 24.0 Å². The van der Waals surface area contributed by atoms with E-state index < -0.39 is 47.4 Å². The molecule has 2 amide bonds. The first kappa shape index (κ1) is 36.0. The number of halogens is 1. The lowest BCUT2D eigenvalue weighted by Gasteiger charge is -2.29. The van der Waals surface area contributed by atoms with E-state index >= 15 is 0 Å². The van der Waals surface area contributed by atoms with Crippen LogP contribution in [0.3, 0.4) is 0 Å². The Morgan fingerprint density at radius 3 is 2.40 bits per heavy atom. The zero-order chi connectivity index (χ0) is 34.3. The van der Waals surface area contributed by atoms with Crippen LogP contribution in [0, 0.1) is 17.3 Å². The van der Waals surface area contributed by atoms with Crippen LogP contribution < -0.4 is 15.4 Å². The minimum Gasteiger partial charge on any atom is -0.495 e. The molecule has 0 aromatic heterocycles. The van der Waals surface area contributed by atoms with Gasteiger partial charge in [-0.1, -0.05) is 74.8 Å². The lowest BCUT2D eigenvalue weighted by molar-refractivity contribution is -0.179. The van der Waals surface area contributed by atoms with Crippen molar-refractivity contribution in [2.24, 2.45) is 17.3 Å². The number of ether oxygens (including phenoxy) is 4.